The highest BCUT2D eigenvalue weighted by Crippen LogP contribution is 2.64. The lowest BCUT2D eigenvalue weighted by molar-refractivity contribution is -0.187. The van der Waals surface area contributed by atoms with Gasteiger partial charge in [0.15, 0.2) is 5.76 Å². The van der Waals surface area contributed by atoms with Crippen LogP contribution in [-0.2, 0) is 19.1 Å². The Labute approximate surface area is 151 Å². The molecule has 6 heteroatoms. The van der Waals surface area contributed by atoms with Crippen molar-refractivity contribution in [2.75, 3.05) is 6.61 Å². The van der Waals surface area contributed by atoms with Crippen LogP contribution >= 0.6 is 0 Å². The number of hydrogen-bond acceptors (Lipinski definition) is 5. The first-order chi connectivity index (χ1) is 12.1. The molecule has 2 N–H and O–H groups in total. The first-order valence-corrected chi connectivity index (χ1v) is 9.17. The molecule has 6 nitrogen and oxygen atoms in total. The quantitative estimate of drug-likeness (QED) is 0.734. The Bertz CT molecular complexity index is 775. The third-order valence-corrected chi connectivity index (χ3v) is 7.33. The molecule has 26 heavy (non-hydrogen) atoms. The Balaban J connectivity index is 1.82. The van der Waals surface area contributed by atoms with Crippen molar-refractivity contribution < 1.29 is 29.3 Å². The molecule has 5 aliphatic rings. The maximum Gasteiger partial charge on any atom is 0.331 e. The molecule has 3 aliphatic carbocycles. The van der Waals surface area contributed by atoms with E-state index in [9.17, 15) is 24.6 Å². The molecule has 1 spiro atoms. The first kappa shape index (κ1) is 17.5. The average Bonchev–Trinajstić information content (AvgIpc) is 2.59. The number of aliphatic hydroxyl groups excluding tert-OH is 1. The van der Waals surface area contributed by atoms with E-state index >= 15 is 0 Å². The Morgan fingerprint density at radius 3 is 2.58 bits per heavy atom. The average molecular weight is 360 g/mol. The van der Waals surface area contributed by atoms with Gasteiger partial charge in [0.25, 0.3) is 0 Å². The smallest absolute Gasteiger partial charge is 0.331 e. The fourth-order valence-corrected chi connectivity index (χ4v) is 5.99. The van der Waals surface area contributed by atoms with Gasteiger partial charge in [-0.2, -0.15) is 0 Å². The second-order valence-electron chi connectivity index (χ2n) is 8.76. The van der Waals surface area contributed by atoms with Crippen LogP contribution in [0.25, 0.3) is 0 Å². The van der Waals surface area contributed by atoms with Gasteiger partial charge >= 0.3 is 5.97 Å². The molecular weight excluding hydrogens is 336 g/mol. The summed E-state index contributed by atoms with van der Waals surface area (Å²) in [4.78, 5) is 37.3. The number of ketones is 2. The van der Waals surface area contributed by atoms with E-state index < -0.39 is 22.7 Å². The van der Waals surface area contributed by atoms with Crippen LogP contribution in [0, 0.1) is 28.6 Å². The fraction of sp³-hybridized carbons (Fsp3) is 0.650. The number of ether oxygens (including phenoxy) is 1. The Morgan fingerprint density at radius 1 is 1.27 bits per heavy atom. The normalized spacial score (nSPS) is 40.8. The van der Waals surface area contributed by atoms with Crippen LogP contribution in [0.3, 0.4) is 0 Å². The van der Waals surface area contributed by atoms with E-state index in [0.717, 1.165) is 0 Å². The van der Waals surface area contributed by atoms with Crippen LogP contribution in [0.15, 0.2) is 23.5 Å². The van der Waals surface area contributed by atoms with Crippen LogP contribution in [0.2, 0.25) is 0 Å². The van der Waals surface area contributed by atoms with Crippen molar-refractivity contribution >= 4 is 17.5 Å². The van der Waals surface area contributed by atoms with Crippen molar-refractivity contribution in [2.45, 2.75) is 45.6 Å². The van der Waals surface area contributed by atoms with Gasteiger partial charge in [0, 0.05) is 23.3 Å². The molecule has 5 rings (SSSR count). The predicted octanol–water partition coefficient (Wildman–Crippen LogP) is 2.44. The van der Waals surface area contributed by atoms with E-state index in [2.05, 4.69) is 6.58 Å². The zero-order chi connectivity index (χ0) is 19.0. The van der Waals surface area contributed by atoms with Crippen molar-refractivity contribution in [1.82, 2.24) is 0 Å². The van der Waals surface area contributed by atoms with Crippen LogP contribution in [-0.4, -0.2) is 40.5 Å². The van der Waals surface area contributed by atoms with Crippen LogP contribution in [0.1, 0.15) is 39.5 Å². The molecule has 5 atom stereocenters. The molecule has 4 fully saturated rings. The molecular formula is C20H24O6. The number of aliphatic hydroxyl groups is 1. The lowest BCUT2D eigenvalue weighted by atomic mass is 9.45. The summed E-state index contributed by atoms with van der Waals surface area (Å²) in [6.07, 6.45) is 1.42. The van der Waals surface area contributed by atoms with Gasteiger partial charge in [0.1, 0.15) is 5.78 Å². The summed E-state index contributed by atoms with van der Waals surface area (Å²) in [6.45, 7) is 7.71. The van der Waals surface area contributed by atoms with Crippen molar-refractivity contribution in [3.8, 4) is 0 Å². The number of carboxylic acid groups (broad SMARTS) is 1. The molecule has 140 valence electrons. The van der Waals surface area contributed by atoms with Gasteiger partial charge < -0.3 is 14.9 Å². The number of rotatable bonds is 2. The lowest BCUT2D eigenvalue weighted by Gasteiger charge is -2.61. The number of aliphatic carboxylic acids is 1. The number of carbonyl (C=O) groups is 3. The highest BCUT2D eigenvalue weighted by atomic mass is 16.5. The van der Waals surface area contributed by atoms with E-state index in [1.165, 1.54) is 0 Å². The topological polar surface area (TPSA) is 101 Å². The Hall–Kier alpha value is -1.95. The summed E-state index contributed by atoms with van der Waals surface area (Å²) < 4.78 is 5.98. The van der Waals surface area contributed by atoms with E-state index in [4.69, 9.17) is 4.74 Å². The molecule has 0 radical (unpaired) electrons. The molecule has 0 aromatic carbocycles. The maximum atomic E-state index is 13.1. The molecule has 2 heterocycles. The zero-order valence-electron chi connectivity index (χ0n) is 15.1. The summed E-state index contributed by atoms with van der Waals surface area (Å²) >= 11 is 0. The van der Waals surface area contributed by atoms with E-state index in [1.807, 2.05) is 13.8 Å². The highest BCUT2D eigenvalue weighted by molar-refractivity contribution is 6.03. The minimum absolute atomic E-state index is 0.0487. The first-order valence-electron chi connectivity index (χ1n) is 9.17. The van der Waals surface area contributed by atoms with Gasteiger partial charge in [0.2, 0.25) is 5.78 Å². The number of carboxylic acids is 1. The van der Waals surface area contributed by atoms with Gasteiger partial charge in [-0.05, 0) is 36.7 Å². The highest BCUT2D eigenvalue weighted by Gasteiger charge is 2.68. The van der Waals surface area contributed by atoms with Gasteiger partial charge in [-0.1, -0.05) is 20.4 Å². The van der Waals surface area contributed by atoms with Crippen LogP contribution < -0.4 is 0 Å². The Morgan fingerprint density at radius 2 is 1.96 bits per heavy atom. The third kappa shape index (κ3) is 1.94. The third-order valence-electron chi connectivity index (χ3n) is 7.33. The molecule has 0 amide bonds. The van der Waals surface area contributed by atoms with E-state index in [-0.39, 0.29) is 47.4 Å². The second kappa shape index (κ2) is 5.28. The number of carbonyl (C=O) groups excluding carboxylic acids is 2. The fourth-order valence-electron chi connectivity index (χ4n) is 5.99. The summed E-state index contributed by atoms with van der Waals surface area (Å²) in [6, 6.07) is 0. The lowest BCUT2D eigenvalue weighted by Crippen LogP contribution is -2.66. The summed E-state index contributed by atoms with van der Waals surface area (Å²) in [5, 5.41) is 20.0. The van der Waals surface area contributed by atoms with Gasteiger partial charge in [-0.25, -0.2) is 4.79 Å². The number of hydrogen-bond donors (Lipinski definition) is 2. The summed E-state index contributed by atoms with van der Waals surface area (Å²) in [5.41, 5.74) is -0.869. The Kier molecular flexibility index (Phi) is 3.55. The van der Waals surface area contributed by atoms with Crippen molar-refractivity contribution in [3.05, 3.63) is 23.5 Å². The molecule has 2 aliphatic heterocycles. The van der Waals surface area contributed by atoms with E-state index in [0.29, 0.717) is 31.3 Å². The molecule has 2 saturated heterocycles. The largest absolute Gasteiger partial charge is 0.504 e. The minimum Gasteiger partial charge on any atom is -0.504 e. The van der Waals surface area contributed by atoms with E-state index in [1.54, 1.807) is 0 Å². The van der Waals surface area contributed by atoms with Gasteiger partial charge in [-0.15, -0.1) is 0 Å². The molecule has 0 unspecified atom stereocenters. The van der Waals surface area contributed by atoms with Crippen molar-refractivity contribution in [3.63, 3.8) is 0 Å². The molecule has 0 aromatic heterocycles. The number of fused-ring (bicyclic) bond motifs is 3. The summed E-state index contributed by atoms with van der Waals surface area (Å²) in [7, 11) is 0. The van der Waals surface area contributed by atoms with Gasteiger partial charge in [-0.3, -0.25) is 9.59 Å². The summed E-state index contributed by atoms with van der Waals surface area (Å²) in [5.74, 6) is -2.78. The minimum atomic E-state index is -1.06. The monoisotopic (exact) mass is 360 g/mol. The van der Waals surface area contributed by atoms with Crippen molar-refractivity contribution in [1.29, 1.82) is 0 Å². The number of allylic oxidation sites excluding steroid dienone is 1. The van der Waals surface area contributed by atoms with Crippen LogP contribution in [0.4, 0.5) is 0 Å². The van der Waals surface area contributed by atoms with Gasteiger partial charge in [0.05, 0.1) is 18.1 Å². The SMILES string of the molecule is C=C(C(=O)O)[C@@H]1CC[C@@H]2[C@@H](C1)C(=O)C(O)=C1C(C)(C)[C@@H]3CC(=O)[C@]12CO3. The van der Waals surface area contributed by atoms with Crippen molar-refractivity contribution in [2.24, 2.45) is 28.6 Å². The predicted molar refractivity (Wildman–Crippen MR) is 91.3 cm³/mol. The van der Waals surface area contributed by atoms with Crippen LogP contribution in [0.5, 0.6) is 0 Å². The maximum absolute atomic E-state index is 13.1. The molecule has 2 bridgehead atoms. The second-order valence-corrected chi connectivity index (χ2v) is 8.76. The standard InChI is InChI=1S/C20H24O6/c1-9(18(24)25)10-4-5-12-11(6-10)15(22)16(23)17-19(2,3)14-7-13(21)20(12,17)8-26-14/h10-12,14,23H,1,4-8H2,2-3H3,(H,24,25)/t10-,11-,12-,14+,20-/m1/s1. The zero-order valence-corrected chi connectivity index (χ0v) is 15.1. The molecule has 2 saturated carbocycles. The number of Topliss-reactive ketones (excluding diaryl/α,β-unsaturated/α-hetero) is 2. The molecule has 0 aromatic rings.